The fraction of sp³-hybridized carbons (Fsp3) is 0.367. The number of hydrogen-bond donors (Lipinski definition) is 0. The highest BCUT2D eigenvalue weighted by atomic mass is 19.4. The van der Waals surface area contributed by atoms with Crippen molar-refractivity contribution in [3.63, 3.8) is 0 Å². The number of benzene rings is 3. The highest BCUT2D eigenvalue weighted by Crippen LogP contribution is 2.38. The van der Waals surface area contributed by atoms with Crippen LogP contribution in [0.15, 0.2) is 78.9 Å². The molecule has 0 radical (unpaired) electrons. The number of halogens is 3. The van der Waals surface area contributed by atoms with Crippen LogP contribution in [0.3, 0.4) is 0 Å². The van der Waals surface area contributed by atoms with Crippen LogP contribution < -0.4 is 14.7 Å². The van der Waals surface area contributed by atoms with Crippen molar-refractivity contribution in [1.29, 1.82) is 0 Å². The number of alkyl halides is 3. The van der Waals surface area contributed by atoms with E-state index in [0.29, 0.717) is 38.3 Å². The summed E-state index contributed by atoms with van der Waals surface area (Å²) in [5.74, 6) is -0.0235. The largest absolute Gasteiger partial charge is 0.416 e. The normalized spacial score (nSPS) is 21.7. The number of nitrogens with zero attached hydrogens (tertiary/aromatic N) is 4. The minimum absolute atomic E-state index is 0.0628. The molecule has 0 aromatic heterocycles. The van der Waals surface area contributed by atoms with Crippen molar-refractivity contribution >= 4 is 23.0 Å². The van der Waals surface area contributed by atoms with Gasteiger partial charge in [0.2, 0.25) is 5.91 Å². The molecule has 0 spiro atoms. The first kappa shape index (κ1) is 24.6. The van der Waals surface area contributed by atoms with Crippen LogP contribution in [0.4, 0.5) is 30.2 Å². The van der Waals surface area contributed by atoms with Crippen LogP contribution in [0.25, 0.3) is 0 Å². The van der Waals surface area contributed by atoms with Gasteiger partial charge in [0.15, 0.2) is 0 Å². The van der Waals surface area contributed by atoms with Crippen LogP contribution in [0.1, 0.15) is 11.1 Å². The zero-order valence-corrected chi connectivity index (χ0v) is 21.1. The maximum Gasteiger partial charge on any atom is 0.416 e. The van der Waals surface area contributed by atoms with Crippen LogP contribution in [0, 0.1) is 5.92 Å². The number of piperazine rings is 2. The van der Waals surface area contributed by atoms with Gasteiger partial charge in [-0.15, -0.1) is 0 Å². The van der Waals surface area contributed by atoms with Crippen molar-refractivity contribution in [2.45, 2.75) is 18.6 Å². The van der Waals surface area contributed by atoms with E-state index in [4.69, 9.17) is 0 Å². The second-order valence-electron chi connectivity index (χ2n) is 10.3. The molecule has 0 unspecified atom stereocenters. The molecule has 3 aliphatic heterocycles. The molecule has 3 heterocycles. The summed E-state index contributed by atoms with van der Waals surface area (Å²) >= 11 is 0. The number of anilines is 3. The van der Waals surface area contributed by atoms with Gasteiger partial charge in [-0.25, -0.2) is 0 Å². The van der Waals surface area contributed by atoms with Gasteiger partial charge < -0.3 is 19.6 Å². The number of carbonyl (C=O) groups is 1. The molecule has 3 aliphatic rings. The van der Waals surface area contributed by atoms with Gasteiger partial charge in [0.1, 0.15) is 0 Å². The lowest BCUT2D eigenvalue weighted by molar-refractivity contribution is -0.137. The van der Waals surface area contributed by atoms with Gasteiger partial charge in [-0.1, -0.05) is 42.5 Å². The Morgan fingerprint density at radius 1 is 0.737 bits per heavy atom. The van der Waals surface area contributed by atoms with E-state index in [1.54, 1.807) is 6.07 Å². The smallest absolute Gasteiger partial charge is 0.368 e. The number of rotatable bonds is 3. The summed E-state index contributed by atoms with van der Waals surface area (Å²) in [7, 11) is 0. The third kappa shape index (κ3) is 4.68. The van der Waals surface area contributed by atoms with Gasteiger partial charge in [-0.3, -0.25) is 4.79 Å². The van der Waals surface area contributed by atoms with E-state index < -0.39 is 11.7 Å². The minimum atomic E-state index is -4.37. The van der Waals surface area contributed by atoms with Gasteiger partial charge in [0.25, 0.3) is 0 Å². The highest BCUT2D eigenvalue weighted by Gasteiger charge is 2.43. The second-order valence-corrected chi connectivity index (χ2v) is 10.3. The lowest BCUT2D eigenvalue weighted by Gasteiger charge is -2.50. The summed E-state index contributed by atoms with van der Waals surface area (Å²) in [4.78, 5) is 22.7. The highest BCUT2D eigenvalue weighted by molar-refractivity contribution is 5.83. The van der Waals surface area contributed by atoms with E-state index in [2.05, 4.69) is 40.1 Å². The number of fused-ring (bicyclic) bond motifs is 3. The molecule has 5 nitrogen and oxygen atoms in total. The molecule has 6 rings (SSSR count). The average molecular weight is 521 g/mol. The van der Waals surface area contributed by atoms with E-state index in [-0.39, 0.29) is 17.9 Å². The summed E-state index contributed by atoms with van der Waals surface area (Å²) in [6, 6.07) is 24.3. The first-order valence-corrected chi connectivity index (χ1v) is 13.2. The molecule has 0 bridgehead atoms. The third-order valence-corrected chi connectivity index (χ3v) is 8.19. The van der Waals surface area contributed by atoms with Gasteiger partial charge in [-0.05, 0) is 48.4 Å². The van der Waals surface area contributed by atoms with Crippen molar-refractivity contribution in [3.8, 4) is 0 Å². The van der Waals surface area contributed by atoms with Crippen molar-refractivity contribution in [3.05, 3.63) is 90.0 Å². The monoisotopic (exact) mass is 520 g/mol. The van der Waals surface area contributed by atoms with E-state index in [9.17, 15) is 18.0 Å². The molecule has 0 aliphatic carbocycles. The topological polar surface area (TPSA) is 30.0 Å². The van der Waals surface area contributed by atoms with Crippen LogP contribution in [0.2, 0.25) is 0 Å². The lowest BCUT2D eigenvalue weighted by Crippen LogP contribution is -2.62. The lowest BCUT2D eigenvalue weighted by atomic mass is 9.82. The molecule has 2 saturated heterocycles. The molecular weight excluding hydrogens is 489 g/mol. The third-order valence-electron chi connectivity index (χ3n) is 8.19. The SMILES string of the molecule is O=C([C@@H]1Cc2ccccc2N2CCN(c3ccccc3)C[C@@H]12)N1CCN(c2cccc(C(F)(F)F)c2)CC1. The molecular formula is C30H31F3N4O. The Balaban J connectivity index is 1.20. The molecule has 0 N–H and O–H groups in total. The summed E-state index contributed by atoms with van der Waals surface area (Å²) < 4.78 is 39.6. The van der Waals surface area contributed by atoms with Crippen molar-refractivity contribution < 1.29 is 18.0 Å². The van der Waals surface area contributed by atoms with Crippen molar-refractivity contribution in [1.82, 2.24) is 4.90 Å². The van der Waals surface area contributed by atoms with E-state index in [1.807, 2.05) is 34.1 Å². The van der Waals surface area contributed by atoms with Crippen LogP contribution >= 0.6 is 0 Å². The first-order valence-electron chi connectivity index (χ1n) is 13.2. The van der Waals surface area contributed by atoms with Gasteiger partial charge in [0, 0.05) is 62.9 Å². The van der Waals surface area contributed by atoms with E-state index >= 15 is 0 Å². The second kappa shape index (κ2) is 9.89. The Kier molecular flexibility index (Phi) is 6.41. The number of carbonyl (C=O) groups excluding carboxylic acids is 1. The van der Waals surface area contributed by atoms with Crippen LogP contribution in [-0.2, 0) is 17.4 Å². The Morgan fingerprint density at radius 3 is 2.18 bits per heavy atom. The van der Waals surface area contributed by atoms with Gasteiger partial charge in [0.05, 0.1) is 17.5 Å². The standard InChI is InChI=1S/C30H31F3N4O/c31-30(32,33)23-8-6-11-25(20-23)34-13-15-35(16-14-34)29(38)26-19-22-7-4-5-12-27(22)37-18-17-36(21-28(26)37)24-9-2-1-3-10-24/h1-12,20,26,28H,13-19,21H2/t26-,28+/m1/s1. The fourth-order valence-electron chi connectivity index (χ4n) is 6.21. The summed E-state index contributed by atoms with van der Waals surface area (Å²) in [5, 5.41) is 0. The zero-order valence-electron chi connectivity index (χ0n) is 21.1. The van der Waals surface area contributed by atoms with Crippen molar-refractivity contribution in [2.24, 2.45) is 5.92 Å². The maximum absolute atomic E-state index is 14.0. The molecule has 38 heavy (non-hydrogen) atoms. The van der Waals surface area contributed by atoms with Gasteiger partial charge >= 0.3 is 6.18 Å². The van der Waals surface area contributed by atoms with Crippen LogP contribution in [-0.4, -0.2) is 62.7 Å². The van der Waals surface area contributed by atoms with Gasteiger partial charge in [-0.2, -0.15) is 13.2 Å². The molecule has 2 atom stereocenters. The Morgan fingerprint density at radius 2 is 1.42 bits per heavy atom. The maximum atomic E-state index is 14.0. The fourth-order valence-corrected chi connectivity index (χ4v) is 6.21. The number of amides is 1. The Bertz CT molecular complexity index is 1290. The molecule has 0 saturated carbocycles. The summed E-state index contributed by atoms with van der Waals surface area (Å²) in [6.07, 6.45) is -3.67. The molecule has 1 amide bonds. The average Bonchev–Trinajstić information content (AvgIpc) is 2.96. The molecule has 8 heteroatoms. The predicted molar refractivity (Wildman–Crippen MR) is 144 cm³/mol. The summed E-state index contributed by atoms with van der Waals surface area (Å²) in [6.45, 7) is 4.56. The predicted octanol–water partition coefficient (Wildman–Crippen LogP) is 4.92. The Hall–Kier alpha value is -3.68. The molecule has 198 valence electrons. The quantitative estimate of drug-likeness (QED) is 0.491. The molecule has 3 aromatic carbocycles. The molecule has 3 aromatic rings. The number of para-hydroxylation sites is 2. The Labute approximate surface area is 221 Å². The summed E-state index contributed by atoms with van der Waals surface area (Å²) in [5.41, 5.74) is 3.51. The van der Waals surface area contributed by atoms with Crippen LogP contribution in [0.5, 0.6) is 0 Å². The molecule has 2 fully saturated rings. The first-order chi connectivity index (χ1) is 18.4. The van der Waals surface area contributed by atoms with E-state index in [0.717, 1.165) is 25.7 Å². The van der Waals surface area contributed by atoms with Crippen molar-refractivity contribution in [2.75, 3.05) is 60.5 Å². The minimum Gasteiger partial charge on any atom is -0.368 e. The van der Waals surface area contributed by atoms with E-state index in [1.165, 1.54) is 29.1 Å². The number of hydrogen-bond acceptors (Lipinski definition) is 4. The zero-order chi connectivity index (χ0) is 26.3.